The summed E-state index contributed by atoms with van der Waals surface area (Å²) in [5.74, 6) is -0.0316. The lowest BCUT2D eigenvalue weighted by atomic mass is 10.1. The molecular formula is C17H25N3O3S. The fourth-order valence-corrected chi connectivity index (χ4v) is 4.61. The van der Waals surface area contributed by atoms with Crippen LogP contribution in [0.4, 0.5) is 5.69 Å². The van der Waals surface area contributed by atoms with Crippen LogP contribution in [0.1, 0.15) is 31.2 Å². The molecule has 24 heavy (non-hydrogen) atoms. The van der Waals surface area contributed by atoms with E-state index >= 15 is 0 Å². The van der Waals surface area contributed by atoms with Crippen LogP contribution in [0.25, 0.3) is 0 Å². The Morgan fingerprint density at radius 3 is 2.33 bits per heavy atom. The van der Waals surface area contributed by atoms with Crippen molar-refractivity contribution >= 4 is 21.6 Å². The van der Waals surface area contributed by atoms with Crippen molar-refractivity contribution in [2.75, 3.05) is 25.0 Å². The van der Waals surface area contributed by atoms with Crippen LogP contribution in [0.3, 0.4) is 0 Å². The molecule has 1 aromatic rings. The van der Waals surface area contributed by atoms with Gasteiger partial charge in [-0.3, -0.25) is 9.69 Å². The topological polar surface area (TPSA) is 78.5 Å². The number of piperidine rings is 1. The molecule has 0 radical (unpaired) electrons. The van der Waals surface area contributed by atoms with Crippen LogP contribution in [0, 0.1) is 6.92 Å². The summed E-state index contributed by atoms with van der Waals surface area (Å²) < 4.78 is 26.7. The molecular weight excluding hydrogens is 326 g/mol. The molecule has 0 atom stereocenters. The highest BCUT2D eigenvalue weighted by Crippen LogP contribution is 2.28. The number of nitrogens with zero attached hydrogens (tertiary/aromatic N) is 1. The number of sulfonamides is 1. The molecule has 1 aromatic carbocycles. The third-order valence-electron chi connectivity index (χ3n) is 4.58. The zero-order valence-electron chi connectivity index (χ0n) is 14.0. The Kier molecular flexibility index (Phi) is 5.22. The third-order valence-corrected chi connectivity index (χ3v) is 6.60. The SMILES string of the molecule is Cc1ccc(NC(=O)CN2CCC(NS(=O)(=O)C3CC3)CC2)cc1. The highest BCUT2D eigenvalue weighted by Gasteiger charge is 2.37. The van der Waals surface area contributed by atoms with Crippen molar-refractivity contribution in [3.8, 4) is 0 Å². The molecule has 0 bridgehead atoms. The minimum absolute atomic E-state index is 0.00649. The zero-order chi connectivity index (χ0) is 17.2. The van der Waals surface area contributed by atoms with Crippen LogP contribution in [0.5, 0.6) is 0 Å². The molecule has 132 valence electrons. The minimum atomic E-state index is -3.12. The number of hydrogen-bond acceptors (Lipinski definition) is 4. The van der Waals surface area contributed by atoms with Crippen LogP contribution in [-0.2, 0) is 14.8 Å². The standard InChI is InChI=1S/C17H25N3O3S/c1-13-2-4-14(5-3-13)18-17(21)12-20-10-8-15(9-11-20)19-24(22,23)16-6-7-16/h2-5,15-16,19H,6-12H2,1H3,(H,18,21). The molecule has 3 rings (SSSR count). The predicted molar refractivity (Wildman–Crippen MR) is 94.3 cm³/mol. The van der Waals surface area contributed by atoms with Crippen LogP contribution >= 0.6 is 0 Å². The molecule has 1 heterocycles. The summed E-state index contributed by atoms with van der Waals surface area (Å²) in [6.45, 7) is 3.82. The highest BCUT2D eigenvalue weighted by molar-refractivity contribution is 7.90. The molecule has 1 amide bonds. The molecule has 0 spiro atoms. The van der Waals surface area contributed by atoms with Gasteiger partial charge in [0.15, 0.2) is 0 Å². The Morgan fingerprint density at radius 2 is 1.75 bits per heavy atom. The van der Waals surface area contributed by atoms with E-state index < -0.39 is 10.0 Å². The van der Waals surface area contributed by atoms with Crippen molar-refractivity contribution in [3.63, 3.8) is 0 Å². The number of nitrogens with one attached hydrogen (secondary N) is 2. The molecule has 2 N–H and O–H groups in total. The lowest BCUT2D eigenvalue weighted by Crippen LogP contribution is -2.47. The van der Waals surface area contributed by atoms with E-state index in [-0.39, 0.29) is 17.2 Å². The van der Waals surface area contributed by atoms with Crippen LogP contribution < -0.4 is 10.0 Å². The van der Waals surface area contributed by atoms with Gasteiger partial charge in [-0.1, -0.05) is 17.7 Å². The quantitative estimate of drug-likeness (QED) is 0.814. The predicted octanol–water partition coefficient (Wildman–Crippen LogP) is 1.48. The fraction of sp³-hybridized carbons (Fsp3) is 0.588. The van der Waals surface area contributed by atoms with Gasteiger partial charge in [0.1, 0.15) is 0 Å². The van der Waals surface area contributed by atoms with E-state index in [1.54, 1.807) is 0 Å². The molecule has 1 aliphatic carbocycles. The Labute approximate surface area is 143 Å². The maximum absolute atomic E-state index is 12.1. The second kappa shape index (κ2) is 7.21. The summed E-state index contributed by atoms with van der Waals surface area (Å²) in [6.07, 6.45) is 3.08. The average Bonchev–Trinajstić information content (AvgIpc) is 3.37. The first kappa shape index (κ1) is 17.4. The Hall–Kier alpha value is -1.44. The van der Waals surface area contributed by atoms with Crippen molar-refractivity contribution < 1.29 is 13.2 Å². The fourth-order valence-electron chi connectivity index (χ4n) is 2.96. The van der Waals surface area contributed by atoms with Gasteiger partial charge in [0.2, 0.25) is 15.9 Å². The molecule has 1 aliphatic heterocycles. The van der Waals surface area contributed by atoms with E-state index in [0.29, 0.717) is 6.54 Å². The van der Waals surface area contributed by atoms with Gasteiger partial charge in [0, 0.05) is 24.8 Å². The van der Waals surface area contributed by atoms with E-state index in [0.717, 1.165) is 50.0 Å². The first-order valence-corrected chi connectivity index (χ1v) is 10.1. The number of rotatable bonds is 6. The van der Waals surface area contributed by atoms with Gasteiger partial charge in [-0.15, -0.1) is 0 Å². The molecule has 7 heteroatoms. The van der Waals surface area contributed by atoms with Crippen LogP contribution in [-0.4, -0.2) is 50.2 Å². The highest BCUT2D eigenvalue weighted by atomic mass is 32.2. The van der Waals surface area contributed by atoms with E-state index in [1.165, 1.54) is 0 Å². The number of amides is 1. The molecule has 2 fully saturated rings. The number of aryl methyl sites for hydroxylation is 1. The molecule has 2 aliphatic rings. The van der Waals surface area contributed by atoms with Crippen LogP contribution in [0.15, 0.2) is 24.3 Å². The Balaban J connectivity index is 1.41. The summed E-state index contributed by atoms with van der Waals surface area (Å²) >= 11 is 0. The van der Waals surface area contributed by atoms with E-state index in [2.05, 4.69) is 14.9 Å². The van der Waals surface area contributed by atoms with Gasteiger partial charge < -0.3 is 5.32 Å². The lowest BCUT2D eigenvalue weighted by molar-refractivity contribution is -0.117. The van der Waals surface area contributed by atoms with Crippen molar-refractivity contribution in [2.24, 2.45) is 0 Å². The van der Waals surface area contributed by atoms with Gasteiger partial charge in [0.05, 0.1) is 11.8 Å². The van der Waals surface area contributed by atoms with Gasteiger partial charge in [0.25, 0.3) is 0 Å². The summed E-state index contributed by atoms with van der Waals surface area (Å²) in [4.78, 5) is 14.2. The van der Waals surface area contributed by atoms with Crippen molar-refractivity contribution in [1.82, 2.24) is 9.62 Å². The first-order chi connectivity index (χ1) is 11.4. The van der Waals surface area contributed by atoms with Crippen LogP contribution in [0.2, 0.25) is 0 Å². The molecule has 1 saturated carbocycles. The van der Waals surface area contributed by atoms with E-state index in [4.69, 9.17) is 0 Å². The molecule has 1 saturated heterocycles. The molecule has 0 aromatic heterocycles. The maximum Gasteiger partial charge on any atom is 0.238 e. The van der Waals surface area contributed by atoms with E-state index in [1.807, 2.05) is 31.2 Å². The monoisotopic (exact) mass is 351 g/mol. The summed E-state index contributed by atoms with van der Waals surface area (Å²) in [6, 6.07) is 7.73. The summed E-state index contributed by atoms with van der Waals surface area (Å²) in [7, 11) is -3.12. The number of carbonyl (C=O) groups is 1. The lowest BCUT2D eigenvalue weighted by Gasteiger charge is -2.31. The average molecular weight is 351 g/mol. The van der Waals surface area contributed by atoms with Crippen molar-refractivity contribution in [3.05, 3.63) is 29.8 Å². The van der Waals surface area contributed by atoms with Gasteiger partial charge >= 0.3 is 0 Å². The second-order valence-corrected chi connectivity index (χ2v) is 8.82. The summed E-state index contributed by atoms with van der Waals surface area (Å²) in [5.41, 5.74) is 1.96. The van der Waals surface area contributed by atoms with Gasteiger partial charge in [-0.2, -0.15) is 0 Å². The zero-order valence-corrected chi connectivity index (χ0v) is 14.8. The van der Waals surface area contributed by atoms with Crippen molar-refractivity contribution in [1.29, 1.82) is 0 Å². The number of benzene rings is 1. The normalized spacial score (nSPS) is 20.0. The Morgan fingerprint density at radius 1 is 1.12 bits per heavy atom. The summed E-state index contributed by atoms with van der Waals surface area (Å²) in [5, 5.41) is 2.73. The second-order valence-electron chi connectivity index (χ2n) is 6.83. The smallest absolute Gasteiger partial charge is 0.238 e. The largest absolute Gasteiger partial charge is 0.325 e. The number of hydrogen-bond donors (Lipinski definition) is 2. The minimum Gasteiger partial charge on any atom is -0.325 e. The number of carbonyl (C=O) groups excluding carboxylic acids is 1. The number of likely N-dealkylation sites (tertiary alicyclic amines) is 1. The van der Waals surface area contributed by atoms with E-state index in [9.17, 15) is 13.2 Å². The van der Waals surface area contributed by atoms with Gasteiger partial charge in [-0.25, -0.2) is 13.1 Å². The Bertz CT molecular complexity index is 676. The number of anilines is 1. The first-order valence-electron chi connectivity index (χ1n) is 8.52. The van der Waals surface area contributed by atoms with Gasteiger partial charge in [-0.05, 0) is 44.7 Å². The molecule has 0 unspecified atom stereocenters. The molecule has 6 nitrogen and oxygen atoms in total. The van der Waals surface area contributed by atoms with Crippen molar-refractivity contribution in [2.45, 2.75) is 43.9 Å². The third kappa shape index (κ3) is 4.78. The maximum atomic E-state index is 12.1.